The molecule has 9 nitrogen and oxygen atoms in total. The Bertz CT molecular complexity index is 1280. The first-order valence-corrected chi connectivity index (χ1v) is 13.9. The van der Waals surface area contributed by atoms with Crippen molar-refractivity contribution >= 4 is 15.8 Å². The number of hydrogen-bond donors (Lipinski definition) is 0. The van der Waals surface area contributed by atoms with Gasteiger partial charge >= 0.3 is 5.97 Å². The second-order valence-electron chi connectivity index (χ2n) is 8.90. The third-order valence-corrected chi connectivity index (χ3v) is 7.51. The molecule has 4 rings (SSSR count). The van der Waals surface area contributed by atoms with E-state index in [4.69, 9.17) is 14.2 Å². The van der Waals surface area contributed by atoms with E-state index >= 15 is 0 Å². The maximum atomic E-state index is 12.5. The van der Waals surface area contributed by atoms with E-state index in [1.807, 2.05) is 36.4 Å². The zero-order valence-electron chi connectivity index (χ0n) is 20.7. The standard InChI is InChI=1S/C26H31N3O6S/c1-4-34-26(30)24-25(29(28-27-24)17-18-5-11-21(33-2)12-6-18)35-22-13-7-19(8-14-22)20-9-15-23(16-10-20)36(3,31)32/h5-6,9-12,15-16,19,22H,4,7-8,13-14,17H2,1-3H3. The Morgan fingerprint density at radius 2 is 1.69 bits per heavy atom. The lowest BCUT2D eigenvalue weighted by Gasteiger charge is -2.29. The highest BCUT2D eigenvalue weighted by Crippen LogP contribution is 2.35. The van der Waals surface area contributed by atoms with Crippen LogP contribution in [0.15, 0.2) is 53.4 Å². The number of sulfone groups is 1. The molecule has 1 aliphatic carbocycles. The molecular formula is C26H31N3O6S. The van der Waals surface area contributed by atoms with Crippen LogP contribution in [0.5, 0.6) is 11.6 Å². The molecule has 3 aromatic rings. The van der Waals surface area contributed by atoms with Crippen LogP contribution in [-0.4, -0.2) is 55.5 Å². The lowest BCUT2D eigenvalue weighted by Crippen LogP contribution is -2.25. The van der Waals surface area contributed by atoms with Crippen LogP contribution in [0.3, 0.4) is 0 Å². The fourth-order valence-corrected chi connectivity index (χ4v) is 5.05. The van der Waals surface area contributed by atoms with Gasteiger partial charge in [0.1, 0.15) is 11.9 Å². The van der Waals surface area contributed by atoms with Crippen molar-refractivity contribution in [2.75, 3.05) is 20.0 Å². The topological polar surface area (TPSA) is 110 Å². The second kappa shape index (κ2) is 11.1. The Labute approximate surface area is 211 Å². The molecule has 0 N–H and O–H groups in total. The van der Waals surface area contributed by atoms with E-state index in [2.05, 4.69) is 10.3 Å². The number of carbonyl (C=O) groups excluding carboxylic acids is 1. The quantitative estimate of drug-likeness (QED) is 0.395. The fraction of sp³-hybridized carbons (Fsp3) is 0.423. The van der Waals surface area contributed by atoms with E-state index in [0.717, 1.165) is 42.6 Å². The molecule has 1 fully saturated rings. The molecule has 0 radical (unpaired) electrons. The predicted molar refractivity (Wildman–Crippen MR) is 133 cm³/mol. The first kappa shape index (κ1) is 25.7. The third-order valence-electron chi connectivity index (χ3n) is 6.38. The number of benzene rings is 2. The van der Waals surface area contributed by atoms with Gasteiger partial charge in [0, 0.05) is 6.26 Å². The largest absolute Gasteiger partial charge is 0.497 e. The molecule has 0 saturated heterocycles. The van der Waals surface area contributed by atoms with Crippen molar-refractivity contribution in [3.63, 3.8) is 0 Å². The van der Waals surface area contributed by atoms with Gasteiger partial charge in [-0.2, -0.15) is 0 Å². The summed E-state index contributed by atoms with van der Waals surface area (Å²) in [7, 11) is -1.60. The van der Waals surface area contributed by atoms with Crippen molar-refractivity contribution in [3.8, 4) is 11.6 Å². The highest BCUT2D eigenvalue weighted by molar-refractivity contribution is 7.90. The summed E-state index contributed by atoms with van der Waals surface area (Å²) in [6, 6.07) is 14.7. The normalized spacial score (nSPS) is 18.0. The van der Waals surface area contributed by atoms with Crippen molar-refractivity contribution in [1.29, 1.82) is 0 Å². The van der Waals surface area contributed by atoms with Crippen molar-refractivity contribution in [3.05, 3.63) is 65.4 Å². The molecule has 0 aliphatic heterocycles. The first-order valence-electron chi connectivity index (χ1n) is 12.0. The predicted octanol–water partition coefficient (Wildman–Crippen LogP) is 4.02. The Morgan fingerprint density at radius 1 is 1.03 bits per heavy atom. The van der Waals surface area contributed by atoms with E-state index < -0.39 is 15.8 Å². The van der Waals surface area contributed by atoms with Crippen molar-refractivity contribution in [2.24, 2.45) is 0 Å². The van der Waals surface area contributed by atoms with E-state index in [-0.39, 0.29) is 18.4 Å². The summed E-state index contributed by atoms with van der Waals surface area (Å²) >= 11 is 0. The lowest BCUT2D eigenvalue weighted by molar-refractivity contribution is 0.0507. The molecule has 0 unspecified atom stereocenters. The second-order valence-corrected chi connectivity index (χ2v) is 10.9. The summed E-state index contributed by atoms with van der Waals surface area (Å²) in [5.74, 6) is 0.826. The van der Waals surface area contributed by atoms with Gasteiger partial charge in [-0.05, 0) is 73.9 Å². The van der Waals surface area contributed by atoms with Crippen molar-refractivity contribution in [1.82, 2.24) is 15.0 Å². The molecule has 1 aromatic heterocycles. The average molecular weight is 514 g/mol. The number of hydrogen-bond acceptors (Lipinski definition) is 8. The van der Waals surface area contributed by atoms with Gasteiger partial charge in [-0.3, -0.25) is 0 Å². The summed E-state index contributed by atoms with van der Waals surface area (Å²) in [5, 5.41) is 8.23. The third kappa shape index (κ3) is 6.04. The molecule has 0 atom stereocenters. The Morgan fingerprint density at radius 3 is 2.28 bits per heavy atom. The van der Waals surface area contributed by atoms with Crippen molar-refractivity contribution in [2.45, 2.75) is 56.1 Å². The molecule has 1 saturated carbocycles. The molecule has 10 heteroatoms. The van der Waals surface area contributed by atoms with Crippen molar-refractivity contribution < 1.29 is 27.4 Å². The van der Waals surface area contributed by atoms with E-state index in [1.165, 1.54) is 6.26 Å². The van der Waals surface area contributed by atoms with Crippen LogP contribution in [0.1, 0.15) is 60.1 Å². The number of rotatable bonds is 9. The molecule has 0 amide bonds. The van der Waals surface area contributed by atoms with Crippen LogP contribution in [0.4, 0.5) is 0 Å². The highest BCUT2D eigenvalue weighted by atomic mass is 32.2. The van der Waals surface area contributed by atoms with Crippen LogP contribution in [0, 0.1) is 0 Å². The van der Waals surface area contributed by atoms with Gasteiger partial charge in [0.25, 0.3) is 0 Å². The van der Waals surface area contributed by atoms with Crippen LogP contribution < -0.4 is 9.47 Å². The van der Waals surface area contributed by atoms with Crippen LogP contribution in [0.25, 0.3) is 0 Å². The van der Waals surface area contributed by atoms with Crippen LogP contribution in [0.2, 0.25) is 0 Å². The van der Waals surface area contributed by atoms with Gasteiger partial charge in [0.15, 0.2) is 9.84 Å². The highest BCUT2D eigenvalue weighted by Gasteiger charge is 2.29. The zero-order chi connectivity index (χ0) is 25.7. The van der Waals surface area contributed by atoms with Gasteiger partial charge in [0.05, 0.1) is 25.2 Å². The molecule has 1 heterocycles. The number of carbonyl (C=O) groups is 1. The van der Waals surface area contributed by atoms with Gasteiger partial charge in [-0.1, -0.05) is 29.5 Å². The summed E-state index contributed by atoms with van der Waals surface area (Å²) in [6.45, 7) is 2.35. The van der Waals surface area contributed by atoms with Gasteiger partial charge in [-0.25, -0.2) is 17.9 Å². The van der Waals surface area contributed by atoms with Crippen LogP contribution in [-0.2, 0) is 21.1 Å². The fourth-order valence-electron chi connectivity index (χ4n) is 4.41. The Hall–Kier alpha value is -3.40. The van der Waals surface area contributed by atoms with Crippen LogP contribution >= 0.6 is 0 Å². The maximum absolute atomic E-state index is 12.5. The van der Waals surface area contributed by atoms with Gasteiger partial charge in [-0.15, -0.1) is 5.10 Å². The summed E-state index contributed by atoms with van der Waals surface area (Å²) in [4.78, 5) is 12.8. The Kier molecular flexibility index (Phi) is 7.93. The van der Waals surface area contributed by atoms with Gasteiger partial charge in [0.2, 0.25) is 11.6 Å². The number of nitrogens with zero attached hydrogens (tertiary/aromatic N) is 3. The first-order chi connectivity index (χ1) is 17.3. The minimum absolute atomic E-state index is 0.0730. The average Bonchev–Trinajstić information content (AvgIpc) is 3.26. The summed E-state index contributed by atoms with van der Waals surface area (Å²) in [5.41, 5.74) is 2.16. The molecular weight excluding hydrogens is 482 g/mol. The molecule has 36 heavy (non-hydrogen) atoms. The van der Waals surface area contributed by atoms with E-state index in [9.17, 15) is 13.2 Å². The molecule has 2 aromatic carbocycles. The van der Waals surface area contributed by atoms with E-state index in [0.29, 0.717) is 23.2 Å². The Balaban J connectivity index is 1.46. The smallest absolute Gasteiger partial charge is 0.364 e. The number of esters is 1. The number of aromatic nitrogens is 3. The number of methoxy groups -OCH3 is 1. The monoisotopic (exact) mass is 513 g/mol. The summed E-state index contributed by atoms with van der Waals surface area (Å²) < 4.78 is 41.8. The maximum Gasteiger partial charge on any atom is 0.364 e. The molecule has 0 bridgehead atoms. The minimum Gasteiger partial charge on any atom is -0.497 e. The van der Waals surface area contributed by atoms with Gasteiger partial charge < -0.3 is 14.2 Å². The molecule has 1 aliphatic rings. The summed E-state index contributed by atoms with van der Waals surface area (Å²) in [6.07, 6.45) is 4.46. The SMILES string of the molecule is CCOC(=O)c1nnn(Cc2ccc(OC)cc2)c1OC1CCC(c2ccc(S(C)(=O)=O)cc2)CC1. The lowest BCUT2D eigenvalue weighted by atomic mass is 9.83. The minimum atomic E-state index is -3.21. The zero-order valence-corrected chi connectivity index (χ0v) is 21.5. The van der Waals surface area contributed by atoms with E-state index in [1.54, 1.807) is 30.8 Å². The number of ether oxygens (including phenoxy) is 3. The molecule has 192 valence electrons. The molecule has 0 spiro atoms.